The van der Waals surface area contributed by atoms with Crippen molar-refractivity contribution in [3.05, 3.63) is 22.4 Å². The Morgan fingerprint density at radius 1 is 1.47 bits per heavy atom. The van der Waals surface area contributed by atoms with E-state index in [0.717, 1.165) is 6.42 Å². The summed E-state index contributed by atoms with van der Waals surface area (Å²) in [5.41, 5.74) is 6.78. The summed E-state index contributed by atoms with van der Waals surface area (Å²) < 4.78 is 15.4. The highest BCUT2D eigenvalue weighted by Gasteiger charge is 2.14. The summed E-state index contributed by atoms with van der Waals surface area (Å²) in [6.07, 6.45) is 0.886. The van der Waals surface area contributed by atoms with Gasteiger partial charge in [0.1, 0.15) is 5.82 Å². The highest BCUT2D eigenvalue weighted by molar-refractivity contribution is 9.10. The van der Waals surface area contributed by atoms with Crippen molar-refractivity contribution in [3.63, 3.8) is 0 Å². The van der Waals surface area contributed by atoms with Crippen LogP contribution in [0.5, 0.6) is 0 Å². The van der Waals surface area contributed by atoms with Gasteiger partial charge >= 0.3 is 0 Å². The van der Waals surface area contributed by atoms with Gasteiger partial charge in [-0.2, -0.15) is 0 Å². The monoisotopic (exact) mass is 299 g/mol. The minimum Gasteiger partial charge on any atom is -0.398 e. The van der Waals surface area contributed by atoms with Gasteiger partial charge in [-0.05, 0) is 44.9 Å². The molecule has 0 aliphatic heterocycles. The molecule has 0 amide bonds. The zero-order chi connectivity index (χ0) is 12.4. The number of rotatable bonds is 3. The van der Waals surface area contributed by atoms with Gasteiger partial charge in [-0.1, -0.05) is 6.92 Å². The molecule has 0 saturated heterocycles. The molecule has 2 rings (SSSR count). The lowest BCUT2D eigenvalue weighted by atomic mass is 10.1. The molecular formula is C10H11BrFN5. The fourth-order valence-electron chi connectivity index (χ4n) is 1.52. The normalized spacial score (nSPS) is 10.8. The number of nitrogen functional groups attached to an aromatic ring is 1. The van der Waals surface area contributed by atoms with Crippen LogP contribution in [0.15, 0.2) is 16.6 Å². The lowest BCUT2D eigenvalue weighted by molar-refractivity contribution is 0.582. The number of anilines is 1. The molecule has 17 heavy (non-hydrogen) atoms. The van der Waals surface area contributed by atoms with E-state index in [-0.39, 0.29) is 5.82 Å². The Hall–Kier alpha value is -1.50. The Kier molecular flexibility index (Phi) is 3.37. The quantitative estimate of drug-likeness (QED) is 0.883. The number of nitrogens with two attached hydrogens (primary N) is 1. The first-order valence-electron chi connectivity index (χ1n) is 5.14. The van der Waals surface area contributed by atoms with Crippen LogP contribution in [0.25, 0.3) is 11.4 Å². The number of hydrogen-bond donors (Lipinski definition) is 1. The lowest BCUT2D eigenvalue weighted by Crippen LogP contribution is -2.04. The van der Waals surface area contributed by atoms with Crippen molar-refractivity contribution in [1.29, 1.82) is 0 Å². The fraction of sp³-hybridized carbons (Fsp3) is 0.300. The molecule has 0 aliphatic rings. The van der Waals surface area contributed by atoms with Gasteiger partial charge in [0, 0.05) is 17.8 Å². The fourth-order valence-corrected chi connectivity index (χ4v) is 1.88. The first-order chi connectivity index (χ1) is 8.13. The second kappa shape index (κ2) is 4.79. The third-order valence-electron chi connectivity index (χ3n) is 2.30. The molecule has 0 saturated carbocycles. The molecule has 7 heteroatoms. The van der Waals surface area contributed by atoms with Gasteiger partial charge < -0.3 is 5.73 Å². The maximum atomic E-state index is 13.5. The van der Waals surface area contributed by atoms with Crippen molar-refractivity contribution < 1.29 is 4.39 Å². The number of aromatic nitrogens is 4. The minimum absolute atomic E-state index is 0.327. The van der Waals surface area contributed by atoms with E-state index < -0.39 is 0 Å². The second-order valence-corrected chi connectivity index (χ2v) is 4.43. The summed E-state index contributed by atoms with van der Waals surface area (Å²) in [5, 5.41) is 11.3. The standard InChI is InChI=1S/C10H11BrFN5/c1-2-3-17-10(14-15-16-17)6-4-8(12)7(11)5-9(6)13/h4-5H,2-3,13H2,1H3. The number of tetrazole rings is 1. The van der Waals surface area contributed by atoms with Crippen molar-refractivity contribution in [2.45, 2.75) is 19.9 Å². The molecule has 1 heterocycles. The van der Waals surface area contributed by atoms with Gasteiger partial charge in [-0.25, -0.2) is 9.07 Å². The van der Waals surface area contributed by atoms with Crippen LogP contribution in [0.4, 0.5) is 10.1 Å². The van der Waals surface area contributed by atoms with Crippen molar-refractivity contribution in [2.24, 2.45) is 0 Å². The average molecular weight is 300 g/mol. The predicted molar refractivity (Wildman–Crippen MR) is 65.6 cm³/mol. The minimum atomic E-state index is -0.389. The summed E-state index contributed by atoms with van der Waals surface area (Å²) in [7, 11) is 0. The molecule has 0 fully saturated rings. The summed E-state index contributed by atoms with van der Waals surface area (Å²) in [5.74, 6) is 0.0935. The van der Waals surface area contributed by atoms with Gasteiger partial charge in [-0.3, -0.25) is 0 Å². The number of hydrogen-bond acceptors (Lipinski definition) is 4. The zero-order valence-electron chi connectivity index (χ0n) is 9.19. The summed E-state index contributed by atoms with van der Waals surface area (Å²) in [4.78, 5) is 0. The maximum Gasteiger partial charge on any atom is 0.184 e. The van der Waals surface area contributed by atoms with Crippen LogP contribution in [-0.2, 0) is 6.54 Å². The Morgan fingerprint density at radius 2 is 2.24 bits per heavy atom. The topological polar surface area (TPSA) is 69.6 Å². The number of halogens is 2. The molecule has 2 N–H and O–H groups in total. The predicted octanol–water partition coefficient (Wildman–Crippen LogP) is 2.23. The number of benzene rings is 1. The second-order valence-electron chi connectivity index (χ2n) is 3.58. The molecule has 0 aliphatic carbocycles. The van der Waals surface area contributed by atoms with Gasteiger partial charge in [0.05, 0.1) is 4.47 Å². The molecule has 0 radical (unpaired) electrons. The van der Waals surface area contributed by atoms with E-state index in [1.54, 1.807) is 4.68 Å². The van der Waals surface area contributed by atoms with Crippen LogP contribution in [0.2, 0.25) is 0 Å². The average Bonchev–Trinajstić information content (AvgIpc) is 2.72. The smallest absolute Gasteiger partial charge is 0.184 e. The molecule has 1 aromatic heterocycles. The lowest BCUT2D eigenvalue weighted by Gasteiger charge is -2.07. The van der Waals surface area contributed by atoms with Crippen LogP contribution in [0.1, 0.15) is 13.3 Å². The molecule has 0 spiro atoms. The Labute approximate surface area is 106 Å². The van der Waals surface area contributed by atoms with Crippen molar-refractivity contribution in [2.75, 3.05) is 5.73 Å². The summed E-state index contributed by atoms with van der Waals surface area (Å²) in [6, 6.07) is 2.84. The van der Waals surface area contributed by atoms with Crippen LogP contribution >= 0.6 is 15.9 Å². The first kappa shape index (κ1) is 12.0. The van der Waals surface area contributed by atoms with E-state index in [1.165, 1.54) is 12.1 Å². The van der Waals surface area contributed by atoms with Crippen LogP contribution in [0.3, 0.4) is 0 Å². The van der Waals surface area contributed by atoms with E-state index in [1.807, 2.05) is 6.92 Å². The highest BCUT2D eigenvalue weighted by Crippen LogP contribution is 2.29. The zero-order valence-corrected chi connectivity index (χ0v) is 10.8. The Bertz CT molecular complexity index is 539. The van der Waals surface area contributed by atoms with Crippen molar-refractivity contribution >= 4 is 21.6 Å². The number of nitrogens with zero attached hydrogens (tertiary/aromatic N) is 4. The first-order valence-corrected chi connectivity index (χ1v) is 5.93. The molecule has 0 bridgehead atoms. The van der Waals surface area contributed by atoms with Crippen molar-refractivity contribution in [3.8, 4) is 11.4 Å². The maximum absolute atomic E-state index is 13.5. The molecular weight excluding hydrogens is 289 g/mol. The third kappa shape index (κ3) is 2.28. The van der Waals surface area contributed by atoms with Gasteiger partial charge in [0.2, 0.25) is 0 Å². The van der Waals surface area contributed by atoms with E-state index in [2.05, 4.69) is 31.5 Å². The molecule has 2 aromatic rings. The van der Waals surface area contributed by atoms with Crippen LogP contribution in [-0.4, -0.2) is 20.2 Å². The summed E-state index contributed by atoms with van der Waals surface area (Å²) >= 11 is 3.08. The van der Waals surface area contributed by atoms with E-state index in [4.69, 9.17) is 5.73 Å². The SMILES string of the molecule is CCCn1nnnc1-c1cc(F)c(Br)cc1N. The molecule has 90 valence electrons. The van der Waals surface area contributed by atoms with Crippen molar-refractivity contribution in [1.82, 2.24) is 20.2 Å². The van der Waals surface area contributed by atoms with Gasteiger partial charge in [0.25, 0.3) is 0 Å². The number of aryl methyl sites for hydroxylation is 1. The Balaban J connectivity index is 2.52. The van der Waals surface area contributed by atoms with Gasteiger partial charge in [0.15, 0.2) is 5.82 Å². The third-order valence-corrected chi connectivity index (χ3v) is 2.91. The van der Waals surface area contributed by atoms with Crippen LogP contribution < -0.4 is 5.73 Å². The van der Waals surface area contributed by atoms with Crippen LogP contribution in [0, 0.1) is 5.82 Å². The van der Waals surface area contributed by atoms with E-state index in [9.17, 15) is 4.39 Å². The highest BCUT2D eigenvalue weighted by atomic mass is 79.9. The Morgan fingerprint density at radius 3 is 2.94 bits per heavy atom. The van der Waals surface area contributed by atoms with E-state index >= 15 is 0 Å². The van der Waals surface area contributed by atoms with E-state index in [0.29, 0.717) is 28.1 Å². The largest absolute Gasteiger partial charge is 0.398 e. The molecule has 0 unspecified atom stereocenters. The molecule has 0 atom stereocenters. The van der Waals surface area contributed by atoms with Gasteiger partial charge in [-0.15, -0.1) is 5.10 Å². The molecule has 5 nitrogen and oxygen atoms in total. The molecule has 1 aromatic carbocycles. The summed E-state index contributed by atoms with van der Waals surface area (Å²) in [6.45, 7) is 2.68.